The molecule has 1 N–H and O–H groups in total. The summed E-state index contributed by atoms with van der Waals surface area (Å²) in [4.78, 5) is 38.2. The van der Waals surface area contributed by atoms with Crippen LogP contribution in [-0.4, -0.2) is 21.7 Å². The molecule has 0 unspecified atom stereocenters. The number of nitro benzene ring substituents is 1. The van der Waals surface area contributed by atoms with Crippen molar-refractivity contribution in [3.63, 3.8) is 0 Å². The summed E-state index contributed by atoms with van der Waals surface area (Å²) in [6.45, 7) is 0.238. The molecule has 31 heavy (non-hydrogen) atoms. The van der Waals surface area contributed by atoms with Gasteiger partial charge in [0.15, 0.2) is 11.4 Å². The Labute approximate surface area is 186 Å². The van der Waals surface area contributed by atoms with Crippen molar-refractivity contribution in [1.82, 2.24) is 0 Å². The largest absolute Gasteiger partial charge is 0.375 e. The summed E-state index contributed by atoms with van der Waals surface area (Å²) in [7, 11) is 0. The van der Waals surface area contributed by atoms with Gasteiger partial charge >= 0.3 is 0 Å². The van der Waals surface area contributed by atoms with Gasteiger partial charge in [-0.2, -0.15) is 0 Å². The van der Waals surface area contributed by atoms with Gasteiger partial charge in [-0.3, -0.25) is 19.7 Å². The van der Waals surface area contributed by atoms with Crippen LogP contribution in [0.1, 0.15) is 27.9 Å². The molecular formula is C23H17BrN2O5. The van der Waals surface area contributed by atoms with Crippen molar-refractivity contribution in [2.24, 2.45) is 0 Å². The zero-order valence-electron chi connectivity index (χ0n) is 16.2. The minimum Gasteiger partial charge on any atom is -0.375 e. The van der Waals surface area contributed by atoms with E-state index in [1.807, 2.05) is 30.3 Å². The topological polar surface area (TPSA) is 101 Å². The number of fused-ring (bicyclic) bond motifs is 1. The number of aliphatic hydroxyl groups is 1. The highest BCUT2D eigenvalue weighted by Gasteiger charge is 2.51. The number of ketones is 1. The number of rotatable bonds is 6. The number of nitro groups is 1. The number of non-ortho nitro benzene ring substituents is 1. The summed E-state index contributed by atoms with van der Waals surface area (Å²) < 4.78 is 0.654. The van der Waals surface area contributed by atoms with E-state index in [1.54, 1.807) is 18.2 Å². The van der Waals surface area contributed by atoms with Crippen LogP contribution >= 0.6 is 15.9 Å². The molecular weight excluding hydrogens is 464 g/mol. The first-order valence-corrected chi connectivity index (χ1v) is 10.2. The predicted octanol–water partition coefficient (Wildman–Crippen LogP) is 4.36. The van der Waals surface area contributed by atoms with Gasteiger partial charge in [0.2, 0.25) is 0 Å². The highest BCUT2D eigenvalue weighted by Crippen LogP contribution is 2.44. The molecule has 1 aliphatic rings. The van der Waals surface area contributed by atoms with Crippen LogP contribution in [-0.2, 0) is 16.9 Å². The van der Waals surface area contributed by atoms with Crippen LogP contribution in [0.4, 0.5) is 11.4 Å². The second-order valence-corrected chi connectivity index (χ2v) is 8.22. The molecule has 1 amide bonds. The Kier molecular flexibility index (Phi) is 5.43. The molecule has 0 aliphatic carbocycles. The van der Waals surface area contributed by atoms with Crippen molar-refractivity contribution in [2.75, 3.05) is 4.90 Å². The third-order valence-electron chi connectivity index (χ3n) is 5.27. The van der Waals surface area contributed by atoms with Crippen LogP contribution in [0.25, 0.3) is 0 Å². The Balaban J connectivity index is 1.70. The minimum absolute atomic E-state index is 0.0634. The SMILES string of the molecule is O=C(C[C@]1(O)C(=O)N(Cc2ccccc2)c2ccc(Br)cc21)c1cccc([N+](=O)[O-])c1. The number of carbonyl (C=O) groups is 2. The minimum atomic E-state index is -2.07. The van der Waals surface area contributed by atoms with Gasteiger partial charge in [0.1, 0.15) is 0 Å². The van der Waals surface area contributed by atoms with Gasteiger partial charge < -0.3 is 10.0 Å². The first-order chi connectivity index (χ1) is 14.8. The van der Waals surface area contributed by atoms with Crippen molar-refractivity contribution in [3.05, 3.63) is 104 Å². The van der Waals surface area contributed by atoms with Crippen LogP contribution < -0.4 is 4.90 Å². The number of benzene rings is 3. The lowest BCUT2D eigenvalue weighted by Gasteiger charge is -2.23. The third kappa shape index (κ3) is 3.87. The lowest BCUT2D eigenvalue weighted by molar-refractivity contribution is -0.384. The lowest BCUT2D eigenvalue weighted by atomic mass is 9.88. The molecule has 0 aromatic heterocycles. The second-order valence-electron chi connectivity index (χ2n) is 7.31. The number of hydrogen-bond donors (Lipinski definition) is 1. The maximum Gasteiger partial charge on any atom is 0.270 e. The van der Waals surface area contributed by atoms with Crippen molar-refractivity contribution in [3.8, 4) is 0 Å². The zero-order valence-corrected chi connectivity index (χ0v) is 17.8. The molecule has 1 aliphatic heterocycles. The van der Waals surface area contributed by atoms with E-state index in [-0.39, 0.29) is 17.8 Å². The van der Waals surface area contributed by atoms with Crippen molar-refractivity contribution in [2.45, 2.75) is 18.6 Å². The normalized spacial score (nSPS) is 17.5. The molecule has 3 aromatic rings. The number of anilines is 1. The maximum atomic E-state index is 13.3. The van der Waals surface area contributed by atoms with Gasteiger partial charge in [0.05, 0.1) is 23.6 Å². The lowest BCUT2D eigenvalue weighted by Crippen LogP contribution is -2.41. The molecule has 0 saturated carbocycles. The highest BCUT2D eigenvalue weighted by atomic mass is 79.9. The van der Waals surface area contributed by atoms with E-state index >= 15 is 0 Å². The highest BCUT2D eigenvalue weighted by molar-refractivity contribution is 9.10. The first kappa shape index (κ1) is 20.9. The Morgan fingerprint density at radius 2 is 1.81 bits per heavy atom. The van der Waals surface area contributed by atoms with Gasteiger partial charge in [-0.1, -0.05) is 58.4 Å². The predicted molar refractivity (Wildman–Crippen MR) is 118 cm³/mol. The van der Waals surface area contributed by atoms with E-state index < -0.39 is 28.6 Å². The summed E-state index contributed by atoms with van der Waals surface area (Å²) in [6.07, 6.45) is -0.526. The van der Waals surface area contributed by atoms with Gasteiger partial charge in [-0.25, -0.2) is 0 Å². The van der Waals surface area contributed by atoms with Crippen LogP contribution in [0.2, 0.25) is 0 Å². The molecule has 1 atom stereocenters. The van der Waals surface area contributed by atoms with E-state index in [1.165, 1.54) is 23.1 Å². The molecule has 7 nitrogen and oxygen atoms in total. The van der Waals surface area contributed by atoms with Crippen molar-refractivity contribution in [1.29, 1.82) is 0 Å². The number of halogens is 1. The van der Waals surface area contributed by atoms with E-state index in [4.69, 9.17) is 0 Å². The van der Waals surface area contributed by atoms with Crippen molar-refractivity contribution < 1.29 is 19.6 Å². The molecule has 3 aromatic carbocycles. The average molecular weight is 481 g/mol. The molecule has 1 heterocycles. The van der Waals surface area contributed by atoms with Crippen molar-refractivity contribution >= 4 is 39.0 Å². The van der Waals surface area contributed by atoms with E-state index in [2.05, 4.69) is 15.9 Å². The molecule has 156 valence electrons. The van der Waals surface area contributed by atoms with Crippen LogP contribution in [0.15, 0.2) is 77.3 Å². The summed E-state index contributed by atoms with van der Waals surface area (Å²) >= 11 is 3.36. The molecule has 0 spiro atoms. The van der Waals surface area contributed by atoms with E-state index in [0.29, 0.717) is 15.7 Å². The number of nitrogens with zero attached hydrogens (tertiary/aromatic N) is 2. The van der Waals surface area contributed by atoms with E-state index in [9.17, 15) is 24.8 Å². The average Bonchev–Trinajstić information content (AvgIpc) is 2.96. The second kappa shape index (κ2) is 8.05. The standard InChI is InChI=1S/C23H17BrN2O5/c24-17-9-10-20-19(12-17)23(29,22(28)25(20)14-15-5-2-1-3-6-15)13-21(27)16-7-4-8-18(11-16)26(30)31/h1-12,29H,13-14H2/t23-/m1/s1. The van der Waals surface area contributed by atoms with E-state index in [0.717, 1.165) is 11.6 Å². The molecule has 0 bridgehead atoms. The Bertz CT molecular complexity index is 1200. The number of Topliss-reactive ketones (excluding diaryl/α,β-unsaturated/α-hetero) is 1. The van der Waals surface area contributed by atoms with Gasteiger partial charge in [0.25, 0.3) is 11.6 Å². The number of amides is 1. The number of carbonyl (C=O) groups excluding carboxylic acids is 2. The Morgan fingerprint density at radius 1 is 1.06 bits per heavy atom. The Morgan fingerprint density at radius 3 is 2.52 bits per heavy atom. The summed E-state index contributed by atoms with van der Waals surface area (Å²) in [5.41, 5.74) is -0.528. The molecule has 4 rings (SSSR count). The van der Waals surface area contributed by atoms with Crippen LogP contribution in [0, 0.1) is 10.1 Å². The fourth-order valence-electron chi connectivity index (χ4n) is 3.74. The fourth-order valence-corrected chi connectivity index (χ4v) is 4.10. The first-order valence-electron chi connectivity index (χ1n) is 9.45. The molecule has 0 radical (unpaired) electrons. The molecule has 8 heteroatoms. The quantitative estimate of drug-likeness (QED) is 0.320. The summed E-state index contributed by atoms with van der Waals surface area (Å²) in [6, 6.07) is 19.7. The van der Waals surface area contributed by atoms with Crippen LogP contribution in [0.3, 0.4) is 0 Å². The Hall–Kier alpha value is -3.36. The summed E-state index contributed by atoms with van der Waals surface area (Å²) in [5, 5.41) is 22.5. The van der Waals surface area contributed by atoms with Gasteiger partial charge in [-0.05, 0) is 23.8 Å². The fraction of sp³-hybridized carbons (Fsp3) is 0.130. The van der Waals surface area contributed by atoms with Crippen LogP contribution in [0.5, 0.6) is 0 Å². The maximum absolute atomic E-state index is 13.3. The molecule has 0 saturated heterocycles. The summed E-state index contributed by atoms with van der Waals surface area (Å²) in [5.74, 6) is -1.17. The van der Waals surface area contributed by atoms with Gasteiger partial charge in [-0.15, -0.1) is 0 Å². The third-order valence-corrected chi connectivity index (χ3v) is 5.77. The monoisotopic (exact) mass is 480 g/mol. The zero-order chi connectivity index (χ0) is 22.2. The molecule has 0 fully saturated rings. The number of hydrogen-bond acceptors (Lipinski definition) is 5. The smallest absolute Gasteiger partial charge is 0.270 e. The van der Waals surface area contributed by atoms with Gasteiger partial charge in [0, 0.05) is 27.7 Å².